The first-order valence-corrected chi connectivity index (χ1v) is 11.0. The molecule has 0 aliphatic rings. The average molecular weight is 470 g/mol. The monoisotopic (exact) mass is 469 g/mol. The number of aromatic nitrogens is 4. The number of H-pyrrole nitrogens is 1. The van der Waals surface area contributed by atoms with E-state index in [2.05, 4.69) is 20.5 Å². The van der Waals surface area contributed by atoms with Crippen molar-refractivity contribution >= 4 is 34.6 Å². The number of rotatable bonds is 7. The van der Waals surface area contributed by atoms with Crippen molar-refractivity contribution in [3.63, 3.8) is 0 Å². The summed E-state index contributed by atoms with van der Waals surface area (Å²) in [5, 5.41) is 10.3. The largest absolute Gasteiger partial charge is 0.497 e. The third kappa shape index (κ3) is 4.92. The number of nitrogens with zero attached hydrogens (tertiary/aromatic N) is 3. The molecule has 2 heterocycles. The van der Waals surface area contributed by atoms with E-state index in [-0.39, 0.29) is 18.3 Å². The van der Waals surface area contributed by atoms with Crippen molar-refractivity contribution in [2.24, 2.45) is 0 Å². The number of halogens is 1. The number of hydrogen-bond acceptors (Lipinski definition) is 6. The number of ether oxygens (including phenoxy) is 1. The van der Waals surface area contributed by atoms with E-state index in [1.165, 1.54) is 23.5 Å². The fourth-order valence-corrected chi connectivity index (χ4v) is 4.37. The fraction of sp³-hybridized carbons (Fsp3) is 0.182. The van der Waals surface area contributed by atoms with Crippen molar-refractivity contribution in [1.29, 1.82) is 0 Å². The van der Waals surface area contributed by atoms with Gasteiger partial charge in [0, 0.05) is 16.9 Å². The highest BCUT2D eigenvalue weighted by molar-refractivity contribution is 7.71. The molecule has 0 spiro atoms. The Hall–Kier alpha value is -3.37. The fourth-order valence-electron chi connectivity index (χ4n) is 3.16. The van der Waals surface area contributed by atoms with Crippen molar-refractivity contribution in [2.45, 2.75) is 19.9 Å². The minimum absolute atomic E-state index is 0.0113. The van der Waals surface area contributed by atoms with Crippen LogP contribution in [0.2, 0.25) is 0 Å². The summed E-state index contributed by atoms with van der Waals surface area (Å²) < 4.78 is 20.3. The van der Waals surface area contributed by atoms with Crippen LogP contribution in [0.1, 0.15) is 16.1 Å². The number of hydrogen-bond donors (Lipinski definition) is 2. The van der Waals surface area contributed by atoms with Gasteiger partial charge >= 0.3 is 0 Å². The molecule has 0 bridgehead atoms. The number of nitrogens with one attached hydrogen (secondary N) is 2. The second-order valence-corrected chi connectivity index (χ2v) is 8.52. The predicted octanol–water partition coefficient (Wildman–Crippen LogP) is 4.75. The Kier molecular flexibility index (Phi) is 6.42. The van der Waals surface area contributed by atoms with Gasteiger partial charge in [-0.2, -0.15) is 5.10 Å². The molecule has 10 heteroatoms. The Labute approximate surface area is 192 Å². The number of aryl methyl sites for hydroxylation is 1. The molecule has 0 fully saturated rings. The van der Waals surface area contributed by atoms with Gasteiger partial charge in [-0.1, -0.05) is 12.1 Å². The Morgan fingerprint density at radius 3 is 2.62 bits per heavy atom. The first kappa shape index (κ1) is 21.8. The molecule has 4 rings (SSSR count). The summed E-state index contributed by atoms with van der Waals surface area (Å²) >= 11 is 6.71. The molecule has 1 amide bonds. The van der Waals surface area contributed by atoms with Crippen molar-refractivity contribution in [3.8, 4) is 17.1 Å². The molecule has 0 radical (unpaired) electrons. The Bertz CT molecular complexity index is 1290. The molecule has 7 nitrogen and oxygen atoms in total. The number of aromatic amines is 1. The minimum Gasteiger partial charge on any atom is -0.497 e. The zero-order chi connectivity index (χ0) is 22.7. The summed E-state index contributed by atoms with van der Waals surface area (Å²) in [6.45, 7) is 1.88. The molecule has 0 saturated heterocycles. The van der Waals surface area contributed by atoms with Crippen LogP contribution in [-0.2, 0) is 17.8 Å². The molecule has 0 aliphatic heterocycles. The molecule has 0 atom stereocenters. The van der Waals surface area contributed by atoms with Gasteiger partial charge in [-0.05, 0) is 61.1 Å². The third-order valence-electron chi connectivity index (χ3n) is 4.83. The number of carbonyl (C=O) groups excluding carboxylic acids is 1. The molecule has 164 valence electrons. The molecular weight excluding hydrogens is 449 g/mol. The Morgan fingerprint density at radius 2 is 1.94 bits per heavy atom. The lowest BCUT2D eigenvalue weighted by atomic mass is 10.1. The van der Waals surface area contributed by atoms with Crippen LogP contribution in [0.4, 0.5) is 9.52 Å². The maximum atomic E-state index is 13.1. The number of anilines is 1. The van der Waals surface area contributed by atoms with E-state index in [0.29, 0.717) is 22.1 Å². The van der Waals surface area contributed by atoms with Crippen LogP contribution in [0.15, 0.2) is 48.5 Å². The van der Waals surface area contributed by atoms with E-state index < -0.39 is 0 Å². The van der Waals surface area contributed by atoms with Crippen molar-refractivity contribution in [3.05, 3.63) is 75.3 Å². The summed E-state index contributed by atoms with van der Waals surface area (Å²) in [4.78, 5) is 18.2. The lowest BCUT2D eigenvalue weighted by Gasteiger charge is -2.07. The Balaban J connectivity index is 1.47. The molecule has 2 aromatic carbocycles. The van der Waals surface area contributed by atoms with E-state index in [9.17, 15) is 9.18 Å². The Morgan fingerprint density at radius 1 is 1.22 bits per heavy atom. The van der Waals surface area contributed by atoms with Gasteiger partial charge in [0.25, 0.3) is 0 Å². The summed E-state index contributed by atoms with van der Waals surface area (Å²) in [7, 11) is 1.60. The van der Waals surface area contributed by atoms with Crippen LogP contribution >= 0.6 is 23.6 Å². The number of methoxy groups -OCH3 is 1. The highest BCUT2D eigenvalue weighted by Gasteiger charge is 2.15. The standard InChI is InChI=1S/C22H20FN5O2S2/c1-13-18(11-14-3-7-16(23)8-4-14)32-21(24-13)25-19(29)12-28-20(26-27-22(28)31)15-5-9-17(30-2)10-6-15/h3-10H,11-12H2,1-2H3,(H,27,31)(H,24,25,29). The molecule has 0 aliphatic carbocycles. The van der Waals surface area contributed by atoms with E-state index in [1.807, 2.05) is 31.2 Å². The molecule has 2 N–H and O–H groups in total. The van der Waals surface area contributed by atoms with E-state index in [1.54, 1.807) is 23.8 Å². The van der Waals surface area contributed by atoms with Gasteiger partial charge in [-0.25, -0.2) is 9.37 Å². The smallest absolute Gasteiger partial charge is 0.246 e. The van der Waals surface area contributed by atoms with Crippen molar-refractivity contribution in [1.82, 2.24) is 19.7 Å². The summed E-state index contributed by atoms with van der Waals surface area (Å²) in [6, 6.07) is 13.7. The maximum Gasteiger partial charge on any atom is 0.246 e. The number of thiazole rings is 1. The van der Waals surface area contributed by atoms with Gasteiger partial charge in [0.05, 0.1) is 12.8 Å². The minimum atomic E-state index is -0.269. The van der Waals surface area contributed by atoms with Crippen LogP contribution in [0.25, 0.3) is 11.4 Å². The predicted molar refractivity (Wildman–Crippen MR) is 124 cm³/mol. The van der Waals surface area contributed by atoms with Gasteiger partial charge in [-0.15, -0.1) is 11.3 Å². The number of amides is 1. The molecule has 0 unspecified atom stereocenters. The van der Waals surface area contributed by atoms with Crippen molar-refractivity contribution < 1.29 is 13.9 Å². The van der Waals surface area contributed by atoms with Crippen LogP contribution in [-0.4, -0.2) is 32.8 Å². The SMILES string of the molecule is COc1ccc(-c2n[nH]c(=S)n2CC(=O)Nc2nc(C)c(Cc3ccc(F)cc3)s2)cc1. The summed E-state index contributed by atoms with van der Waals surface area (Å²) in [5.41, 5.74) is 2.61. The van der Waals surface area contributed by atoms with Gasteiger partial charge in [0.15, 0.2) is 15.7 Å². The molecule has 4 aromatic rings. The first-order chi connectivity index (χ1) is 15.4. The first-order valence-electron chi connectivity index (χ1n) is 9.73. The van der Waals surface area contributed by atoms with Crippen LogP contribution in [0.3, 0.4) is 0 Å². The van der Waals surface area contributed by atoms with E-state index >= 15 is 0 Å². The third-order valence-corrected chi connectivity index (χ3v) is 6.21. The molecule has 32 heavy (non-hydrogen) atoms. The van der Waals surface area contributed by atoms with E-state index in [0.717, 1.165) is 27.4 Å². The lowest BCUT2D eigenvalue weighted by molar-refractivity contribution is -0.116. The number of carbonyl (C=O) groups is 1. The molecule has 0 saturated carbocycles. The van der Waals surface area contributed by atoms with Crippen LogP contribution < -0.4 is 10.1 Å². The van der Waals surface area contributed by atoms with Gasteiger partial charge in [-0.3, -0.25) is 14.5 Å². The van der Waals surface area contributed by atoms with Gasteiger partial charge in [0.1, 0.15) is 18.1 Å². The normalized spacial score (nSPS) is 10.8. The second kappa shape index (κ2) is 9.41. The zero-order valence-electron chi connectivity index (χ0n) is 17.4. The summed E-state index contributed by atoms with van der Waals surface area (Å²) in [5.74, 6) is 0.747. The summed E-state index contributed by atoms with van der Waals surface area (Å²) in [6.07, 6.45) is 0.619. The van der Waals surface area contributed by atoms with Crippen LogP contribution in [0.5, 0.6) is 5.75 Å². The zero-order valence-corrected chi connectivity index (χ0v) is 19.0. The van der Waals surface area contributed by atoms with Gasteiger partial charge < -0.3 is 10.1 Å². The van der Waals surface area contributed by atoms with Crippen LogP contribution in [0, 0.1) is 17.5 Å². The average Bonchev–Trinajstić information content (AvgIpc) is 3.31. The molecule has 2 aromatic heterocycles. The van der Waals surface area contributed by atoms with Gasteiger partial charge in [0.2, 0.25) is 5.91 Å². The maximum absolute atomic E-state index is 13.1. The lowest BCUT2D eigenvalue weighted by Crippen LogP contribution is -2.19. The quantitative estimate of drug-likeness (QED) is 0.382. The second-order valence-electron chi connectivity index (χ2n) is 7.05. The highest BCUT2D eigenvalue weighted by atomic mass is 32.1. The van der Waals surface area contributed by atoms with E-state index in [4.69, 9.17) is 17.0 Å². The number of benzene rings is 2. The topological polar surface area (TPSA) is 84.8 Å². The highest BCUT2D eigenvalue weighted by Crippen LogP contribution is 2.26. The molecular formula is C22H20FN5O2S2. The van der Waals surface area contributed by atoms with Crippen molar-refractivity contribution in [2.75, 3.05) is 12.4 Å².